The summed E-state index contributed by atoms with van der Waals surface area (Å²) in [7, 11) is 0. The number of benzene rings is 3. The lowest BCUT2D eigenvalue weighted by Crippen LogP contribution is -2.13. The average Bonchev–Trinajstić information content (AvgIpc) is 3.22. The normalized spacial score (nSPS) is 12.0. The highest BCUT2D eigenvalue weighted by atomic mass is 35.5. The molecule has 0 atom stereocenters. The lowest BCUT2D eigenvalue weighted by molar-refractivity contribution is 0.367. The van der Waals surface area contributed by atoms with Crippen LogP contribution < -0.4 is 4.80 Å². The first-order chi connectivity index (χ1) is 15.9. The van der Waals surface area contributed by atoms with E-state index in [1.807, 2.05) is 35.7 Å². The smallest absolute Gasteiger partial charge is 0.206 e. The zero-order valence-electron chi connectivity index (χ0n) is 17.2. The first-order valence-electron chi connectivity index (χ1n) is 9.92. The number of hydrogen-bond acceptors (Lipinski definition) is 6. The van der Waals surface area contributed by atoms with Gasteiger partial charge in [0.15, 0.2) is 11.5 Å². The third-order valence-corrected chi connectivity index (χ3v) is 6.27. The first kappa shape index (κ1) is 22.9. The number of halogens is 2. The second-order valence-corrected chi connectivity index (χ2v) is 8.75. The highest BCUT2D eigenvalue weighted by molar-refractivity contribution is 7.07. The maximum atomic E-state index is 10.1. The molecule has 0 bridgehead atoms. The van der Waals surface area contributed by atoms with Crippen molar-refractivity contribution in [3.05, 3.63) is 92.0 Å². The maximum absolute atomic E-state index is 10.1. The van der Waals surface area contributed by atoms with Crippen LogP contribution in [0.5, 0.6) is 17.2 Å². The molecule has 0 spiro atoms. The van der Waals surface area contributed by atoms with Gasteiger partial charge in [0.05, 0.1) is 16.9 Å². The molecule has 3 N–H and O–H groups in total. The fraction of sp³-hybridized carbons (Fsp3) is 0.0833. The van der Waals surface area contributed by atoms with E-state index in [-0.39, 0.29) is 5.56 Å². The summed E-state index contributed by atoms with van der Waals surface area (Å²) in [5.74, 6) is -1.50. The van der Waals surface area contributed by atoms with Crippen LogP contribution in [-0.2, 0) is 6.42 Å². The molecule has 4 aromatic rings. The molecule has 0 unspecified atom stereocenters. The number of aromatic hydroxyl groups is 3. The van der Waals surface area contributed by atoms with Crippen molar-refractivity contribution in [2.75, 3.05) is 6.54 Å². The first-order valence-corrected chi connectivity index (χ1v) is 11.6. The topological polar surface area (TPSA) is 90.3 Å². The van der Waals surface area contributed by atoms with Crippen LogP contribution in [0.4, 0.5) is 0 Å². The van der Waals surface area contributed by atoms with Crippen LogP contribution >= 0.6 is 34.5 Å². The van der Waals surface area contributed by atoms with Gasteiger partial charge in [-0.15, -0.1) is 11.3 Å². The molecule has 0 amide bonds. The van der Waals surface area contributed by atoms with Gasteiger partial charge in [0.1, 0.15) is 0 Å². The minimum atomic E-state index is -0.611. The van der Waals surface area contributed by atoms with Crippen LogP contribution in [0.1, 0.15) is 11.1 Å². The molecular weight excluding hydrogens is 481 g/mol. The molecule has 4 rings (SSSR count). The molecule has 0 aliphatic heterocycles. The Kier molecular flexibility index (Phi) is 7.03. The predicted molar refractivity (Wildman–Crippen MR) is 133 cm³/mol. The Bertz CT molecular complexity index is 1380. The average molecular weight is 500 g/mol. The summed E-state index contributed by atoms with van der Waals surface area (Å²) in [6.45, 7) is 0.550. The molecule has 0 aliphatic rings. The van der Waals surface area contributed by atoms with E-state index in [9.17, 15) is 15.3 Å². The largest absolute Gasteiger partial charge is 0.504 e. The summed E-state index contributed by atoms with van der Waals surface area (Å²) in [6.07, 6.45) is 2.14. The zero-order valence-corrected chi connectivity index (χ0v) is 19.5. The van der Waals surface area contributed by atoms with E-state index in [1.54, 1.807) is 22.9 Å². The molecule has 6 nitrogen and oxygen atoms in total. The molecule has 33 heavy (non-hydrogen) atoms. The van der Waals surface area contributed by atoms with E-state index in [1.165, 1.54) is 35.2 Å². The van der Waals surface area contributed by atoms with Gasteiger partial charge < -0.3 is 15.3 Å². The standard InChI is InChI=1S/C24H19Cl2N3O3S/c25-17-7-8-19(26)18(12-17)20-14-33-24(27-11-10-15-4-2-1-3-5-15)29(20)28-13-16-6-9-21(30)23(32)22(16)31/h1-9,12-14,30-32H,10-11H2. The molecule has 0 fully saturated rings. The highest BCUT2D eigenvalue weighted by Gasteiger charge is 2.13. The minimum Gasteiger partial charge on any atom is -0.504 e. The number of phenolic OH excluding ortho intramolecular Hbond substituents is 3. The van der Waals surface area contributed by atoms with Gasteiger partial charge >= 0.3 is 0 Å². The van der Waals surface area contributed by atoms with Crippen LogP contribution in [-0.4, -0.2) is 32.8 Å². The van der Waals surface area contributed by atoms with E-state index in [4.69, 9.17) is 28.2 Å². The van der Waals surface area contributed by atoms with Crippen LogP contribution in [0.2, 0.25) is 10.0 Å². The Morgan fingerprint density at radius 1 is 0.939 bits per heavy atom. The van der Waals surface area contributed by atoms with Crippen molar-refractivity contribution in [3.8, 4) is 28.5 Å². The van der Waals surface area contributed by atoms with E-state index in [0.29, 0.717) is 32.6 Å². The summed E-state index contributed by atoms with van der Waals surface area (Å²) in [5, 5.41) is 36.9. The Balaban J connectivity index is 1.76. The second kappa shape index (κ2) is 10.1. The number of thiazole rings is 1. The van der Waals surface area contributed by atoms with Crippen LogP contribution in [0.25, 0.3) is 11.3 Å². The Labute approximate surface area is 204 Å². The minimum absolute atomic E-state index is 0.224. The van der Waals surface area contributed by atoms with E-state index < -0.39 is 17.2 Å². The molecule has 1 aromatic heterocycles. The van der Waals surface area contributed by atoms with Crippen molar-refractivity contribution in [2.24, 2.45) is 10.1 Å². The summed E-state index contributed by atoms with van der Waals surface area (Å²) in [5.41, 5.74) is 2.75. The molecule has 3 aromatic carbocycles. The molecule has 1 heterocycles. The van der Waals surface area contributed by atoms with Crippen molar-refractivity contribution in [1.82, 2.24) is 4.68 Å². The monoisotopic (exact) mass is 499 g/mol. The summed E-state index contributed by atoms with van der Waals surface area (Å²) in [6, 6.07) is 17.9. The lowest BCUT2D eigenvalue weighted by atomic mass is 10.2. The van der Waals surface area contributed by atoms with Crippen molar-refractivity contribution in [1.29, 1.82) is 0 Å². The van der Waals surface area contributed by atoms with Crippen molar-refractivity contribution < 1.29 is 15.3 Å². The van der Waals surface area contributed by atoms with Crippen molar-refractivity contribution in [3.63, 3.8) is 0 Å². The fourth-order valence-corrected chi connectivity index (χ4v) is 4.37. The predicted octanol–water partition coefficient (Wildman–Crippen LogP) is 5.67. The number of rotatable bonds is 6. The number of nitrogens with zero attached hydrogens (tertiary/aromatic N) is 3. The number of hydrogen-bond donors (Lipinski definition) is 3. The SMILES string of the molecule is Oc1ccc(C=Nn2c(-c3cc(Cl)ccc3Cl)csc2=NCCc2ccccc2)c(O)c1O. The zero-order chi connectivity index (χ0) is 23.4. The Hall–Kier alpha value is -3.26. The van der Waals surface area contributed by atoms with Gasteiger partial charge in [-0.3, -0.25) is 4.99 Å². The van der Waals surface area contributed by atoms with E-state index in [2.05, 4.69) is 5.10 Å². The van der Waals surface area contributed by atoms with Crippen LogP contribution in [0, 0.1) is 0 Å². The van der Waals surface area contributed by atoms with Crippen molar-refractivity contribution in [2.45, 2.75) is 6.42 Å². The van der Waals surface area contributed by atoms with Crippen LogP contribution in [0.3, 0.4) is 0 Å². The Morgan fingerprint density at radius 2 is 1.73 bits per heavy atom. The Morgan fingerprint density at radius 3 is 2.52 bits per heavy atom. The summed E-state index contributed by atoms with van der Waals surface area (Å²) < 4.78 is 1.61. The molecule has 168 valence electrons. The van der Waals surface area contributed by atoms with Crippen molar-refractivity contribution >= 4 is 40.8 Å². The van der Waals surface area contributed by atoms with E-state index >= 15 is 0 Å². The highest BCUT2D eigenvalue weighted by Crippen LogP contribution is 2.36. The van der Waals surface area contributed by atoms with Gasteiger partial charge in [-0.1, -0.05) is 53.5 Å². The van der Waals surface area contributed by atoms with Gasteiger partial charge in [0.2, 0.25) is 10.6 Å². The summed E-state index contributed by atoms with van der Waals surface area (Å²) in [4.78, 5) is 5.33. The van der Waals surface area contributed by atoms with Crippen LogP contribution in [0.15, 0.2) is 76.1 Å². The van der Waals surface area contributed by atoms with Gasteiger partial charge in [-0.25, -0.2) is 4.68 Å². The van der Waals surface area contributed by atoms with Gasteiger partial charge in [-0.05, 0) is 42.3 Å². The molecule has 0 saturated carbocycles. The molecule has 0 aliphatic carbocycles. The lowest BCUT2D eigenvalue weighted by Gasteiger charge is -2.07. The van der Waals surface area contributed by atoms with Gasteiger partial charge in [0, 0.05) is 28.1 Å². The molecule has 0 radical (unpaired) electrons. The quantitative estimate of drug-likeness (QED) is 0.236. The third-order valence-electron chi connectivity index (χ3n) is 4.85. The molecule has 0 saturated heterocycles. The molecule has 9 heteroatoms. The van der Waals surface area contributed by atoms with Gasteiger partial charge in [0.25, 0.3) is 0 Å². The van der Waals surface area contributed by atoms with E-state index in [0.717, 1.165) is 6.42 Å². The fourth-order valence-electron chi connectivity index (χ4n) is 3.13. The third kappa shape index (κ3) is 5.22. The summed E-state index contributed by atoms with van der Waals surface area (Å²) >= 11 is 14.0. The maximum Gasteiger partial charge on any atom is 0.206 e. The second-order valence-electron chi connectivity index (χ2n) is 7.07. The molecular formula is C24H19Cl2N3O3S. The number of aromatic nitrogens is 1. The number of phenols is 3. The van der Waals surface area contributed by atoms with Gasteiger partial charge in [-0.2, -0.15) is 5.10 Å².